The second-order valence-electron chi connectivity index (χ2n) is 10.9. The summed E-state index contributed by atoms with van der Waals surface area (Å²) in [6.45, 7) is 9.70. The molecule has 1 atom stereocenters. The van der Waals surface area contributed by atoms with E-state index in [0.717, 1.165) is 30.0 Å². The first-order chi connectivity index (χ1) is 20.9. The summed E-state index contributed by atoms with van der Waals surface area (Å²) < 4.78 is 23.2. The zero-order valence-electron chi connectivity index (χ0n) is 27.3. The van der Waals surface area contributed by atoms with Crippen LogP contribution in [0.2, 0.25) is 0 Å². The smallest absolute Gasteiger partial charge is 0.417 e. The third-order valence-electron chi connectivity index (χ3n) is 7.19. The first-order valence-corrected chi connectivity index (χ1v) is 16.4. The monoisotopic (exact) mass is 608 g/mol. The summed E-state index contributed by atoms with van der Waals surface area (Å²) in [5.41, 5.74) is 0.834. The Balaban J connectivity index is 1.98. The molecule has 3 amide bonds. The van der Waals surface area contributed by atoms with Crippen LogP contribution in [-0.4, -0.2) is 68.7 Å². The minimum atomic E-state index is -0.706. The lowest BCUT2D eigenvalue weighted by Gasteiger charge is -2.17. The minimum absolute atomic E-state index is 0.0197. The fraction of sp³-hybridized carbons (Fsp3) is 0.758. The normalized spacial score (nSPS) is 11.6. The Morgan fingerprint density at radius 1 is 0.791 bits per heavy atom. The van der Waals surface area contributed by atoms with Crippen LogP contribution in [0.15, 0.2) is 24.4 Å². The highest BCUT2D eigenvalue weighted by molar-refractivity contribution is 5.90. The lowest BCUT2D eigenvalue weighted by atomic mass is 10.0. The predicted octanol–water partition coefficient (Wildman–Crippen LogP) is 6.33. The average molecular weight is 609 g/mol. The molecule has 0 radical (unpaired) electrons. The van der Waals surface area contributed by atoms with Crippen LogP contribution >= 0.6 is 0 Å². The summed E-state index contributed by atoms with van der Waals surface area (Å²) >= 11 is 0. The zero-order valence-corrected chi connectivity index (χ0v) is 27.3. The van der Waals surface area contributed by atoms with Gasteiger partial charge in [0.25, 0.3) is 0 Å². The van der Waals surface area contributed by atoms with Gasteiger partial charge in [0.2, 0.25) is 11.6 Å². The molecule has 0 aromatic carbocycles. The molecule has 0 saturated carbocycles. The highest BCUT2D eigenvalue weighted by Crippen LogP contribution is 2.12. The third kappa shape index (κ3) is 20.0. The number of aryl methyl sites for hydroxylation is 1. The molecular formula is C33H58N3O7+. The van der Waals surface area contributed by atoms with Crippen molar-refractivity contribution < 1.29 is 37.9 Å². The predicted molar refractivity (Wildman–Crippen MR) is 167 cm³/mol. The SMILES string of the molecule is CCCCCCCCCCCCCC(C)NC(=O)OCCOCCOCCOC(=O)N(Cc1cccc[n+]1CC)C(C)=O. The van der Waals surface area contributed by atoms with E-state index in [1.165, 1.54) is 71.1 Å². The first kappa shape index (κ1) is 38.3. The number of hydrogen-bond donors (Lipinski definition) is 1. The zero-order chi connectivity index (χ0) is 31.5. The van der Waals surface area contributed by atoms with Crippen molar-refractivity contribution in [2.45, 2.75) is 124 Å². The fourth-order valence-corrected chi connectivity index (χ4v) is 4.64. The van der Waals surface area contributed by atoms with Gasteiger partial charge in [-0.1, -0.05) is 83.6 Å². The van der Waals surface area contributed by atoms with Crippen LogP contribution in [0.25, 0.3) is 0 Å². The van der Waals surface area contributed by atoms with Gasteiger partial charge in [-0.15, -0.1) is 0 Å². The molecule has 0 aliphatic carbocycles. The van der Waals surface area contributed by atoms with Gasteiger partial charge in [0, 0.05) is 25.1 Å². The number of amides is 3. The van der Waals surface area contributed by atoms with Crippen LogP contribution in [-0.2, 0) is 36.8 Å². The maximum Gasteiger partial charge on any atom is 0.417 e. The van der Waals surface area contributed by atoms with Crippen LogP contribution in [0.5, 0.6) is 0 Å². The van der Waals surface area contributed by atoms with E-state index in [1.807, 2.05) is 42.8 Å². The number of hydrogen-bond acceptors (Lipinski definition) is 7. The second-order valence-corrected chi connectivity index (χ2v) is 10.9. The molecule has 0 saturated heterocycles. The number of ether oxygens (including phenoxy) is 4. The Bertz CT molecular complexity index is 884. The Morgan fingerprint density at radius 3 is 1.93 bits per heavy atom. The van der Waals surface area contributed by atoms with E-state index in [2.05, 4.69) is 12.2 Å². The quantitative estimate of drug-likeness (QED) is 0.102. The number of nitrogens with zero attached hydrogens (tertiary/aromatic N) is 2. The van der Waals surface area contributed by atoms with Gasteiger partial charge in [-0.2, -0.15) is 0 Å². The van der Waals surface area contributed by atoms with E-state index < -0.39 is 12.2 Å². The molecule has 43 heavy (non-hydrogen) atoms. The number of unbranched alkanes of at least 4 members (excludes halogenated alkanes) is 10. The van der Waals surface area contributed by atoms with Crippen molar-refractivity contribution in [2.24, 2.45) is 0 Å². The summed E-state index contributed by atoms with van der Waals surface area (Å²) in [6.07, 6.45) is 16.1. The Hall–Kier alpha value is -2.72. The summed E-state index contributed by atoms with van der Waals surface area (Å²) in [6, 6.07) is 5.72. The molecule has 10 nitrogen and oxygen atoms in total. The number of nitrogens with one attached hydrogen (secondary N) is 1. The van der Waals surface area contributed by atoms with Crippen molar-refractivity contribution in [2.75, 3.05) is 39.6 Å². The van der Waals surface area contributed by atoms with E-state index in [1.54, 1.807) is 0 Å². The topological polar surface area (TPSA) is 107 Å². The number of aromatic nitrogens is 1. The fourth-order valence-electron chi connectivity index (χ4n) is 4.64. The third-order valence-corrected chi connectivity index (χ3v) is 7.19. The molecule has 0 bridgehead atoms. The molecule has 1 N–H and O–H groups in total. The van der Waals surface area contributed by atoms with Crippen molar-refractivity contribution >= 4 is 18.1 Å². The van der Waals surface area contributed by atoms with Crippen LogP contribution in [0, 0.1) is 0 Å². The highest BCUT2D eigenvalue weighted by Gasteiger charge is 2.23. The molecule has 1 aromatic rings. The van der Waals surface area contributed by atoms with Crippen molar-refractivity contribution in [3.63, 3.8) is 0 Å². The number of pyridine rings is 1. The largest absolute Gasteiger partial charge is 0.447 e. The highest BCUT2D eigenvalue weighted by atomic mass is 16.6. The molecular weight excluding hydrogens is 550 g/mol. The number of rotatable bonds is 25. The van der Waals surface area contributed by atoms with Crippen molar-refractivity contribution in [1.29, 1.82) is 0 Å². The van der Waals surface area contributed by atoms with Gasteiger partial charge < -0.3 is 24.3 Å². The number of imide groups is 1. The van der Waals surface area contributed by atoms with E-state index in [4.69, 9.17) is 18.9 Å². The van der Waals surface area contributed by atoms with Crippen molar-refractivity contribution in [3.8, 4) is 0 Å². The van der Waals surface area contributed by atoms with Gasteiger partial charge in [0.1, 0.15) is 26.3 Å². The van der Waals surface area contributed by atoms with Gasteiger partial charge in [0.15, 0.2) is 6.20 Å². The van der Waals surface area contributed by atoms with E-state index in [-0.39, 0.29) is 44.9 Å². The molecule has 1 unspecified atom stereocenters. The maximum absolute atomic E-state index is 12.4. The minimum Gasteiger partial charge on any atom is -0.447 e. The van der Waals surface area contributed by atoms with Crippen molar-refractivity contribution in [1.82, 2.24) is 10.2 Å². The van der Waals surface area contributed by atoms with Gasteiger partial charge >= 0.3 is 12.2 Å². The second kappa shape index (κ2) is 25.7. The number of carbonyl (C=O) groups excluding carboxylic acids is 3. The standard InChI is InChI=1S/C33H57N3O7/c1-5-7-8-9-10-11-12-13-14-15-16-19-29(3)34-32(38)42-26-24-40-22-23-41-25-27-43-33(39)36(30(4)37)28-31-20-17-18-21-35(31)6-2/h17-18,20-21,29H,5-16,19,22-28H2,1-4H3/p+1. The lowest BCUT2D eigenvalue weighted by Crippen LogP contribution is -2.43. The van der Waals surface area contributed by atoms with Crippen molar-refractivity contribution in [3.05, 3.63) is 30.1 Å². The van der Waals surface area contributed by atoms with Crippen LogP contribution in [0.4, 0.5) is 9.59 Å². The van der Waals surface area contributed by atoms with Crippen LogP contribution in [0.1, 0.15) is 110 Å². The summed E-state index contributed by atoms with van der Waals surface area (Å²) in [5, 5.41) is 2.88. The molecule has 0 fully saturated rings. The first-order valence-electron chi connectivity index (χ1n) is 16.4. The summed E-state index contributed by atoms with van der Waals surface area (Å²) in [7, 11) is 0. The molecule has 10 heteroatoms. The molecule has 246 valence electrons. The average Bonchev–Trinajstić information content (AvgIpc) is 2.99. The van der Waals surface area contributed by atoms with E-state index in [0.29, 0.717) is 13.2 Å². The maximum atomic E-state index is 12.4. The van der Waals surface area contributed by atoms with Gasteiger partial charge in [-0.05, 0) is 20.3 Å². The molecule has 1 aromatic heterocycles. The van der Waals surface area contributed by atoms with E-state index >= 15 is 0 Å². The van der Waals surface area contributed by atoms with Gasteiger partial charge in [-0.3, -0.25) is 4.79 Å². The number of carbonyl (C=O) groups is 3. The molecule has 0 spiro atoms. The van der Waals surface area contributed by atoms with E-state index in [9.17, 15) is 14.4 Å². The Labute approximate surface area is 259 Å². The summed E-state index contributed by atoms with van der Waals surface area (Å²) in [5.74, 6) is -0.388. The van der Waals surface area contributed by atoms with Crippen LogP contribution < -0.4 is 9.88 Å². The van der Waals surface area contributed by atoms with Gasteiger partial charge in [0.05, 0.1) is 26.4 Å². The molecule has 0 aliphatic rings. The molecule has 0 aliphatic heterocycles. The van der Waals surface area contributed by atoms with Crippen LogP contribution in [0.3, 0.4) is 0 Å². The van der Waals surface area contributed by atoms with Gasteiger partial charge in [-0.25, -0.2) is 19.1 Å². The Morgan fingerprint density at radius 2 is 1.35 bits per heavy atom. The summed E-state index contributed by atoms with van der Waals surface area (Å²) in [4.78, 5) is 37.4. The molecule has 1 heterocycles. The molecule has 1 rings (SSSR count). The Kier molecular flexibility index (Phi) is 22.9. The number of alkyl carbamates (subject to hydrolysis) is 1. The lowest BCUT2D eigenvalue weighted by molar-refractivity contribution is -0.701.